The molecule has 0 aliphatic heterocycles. The van der Waals surface area contributed by atoms with Crippen LogP contribution in [0.4, 0.5) is 0 Å². The quantitative estimate of drug-likeness (QED) is 0.789. The summed E-state index contributed by atoms with van der Waals surface area (Å²) in [4.78, 5) is 46.9. The molecule has 0 aromatic heterocycles. The van der Waals surface area contributed by atoms with Crippen molar-refractivity contribution < 1.29 is 29.0 Å². The molecule has 1 aliphatic rings. The number of hydrogen-bond donors (Lipinski definition) is 2. The summed E-state index contributed by atoms with van der Waals surface area (Å²) in [6, 6.07) is 4.69. The van der Waals surface area contributed by atoms with Gasteiger partial charge in [-0.2, -0.15) is 0 Å². The lowest BCUT2D eigenvalue weighted by Gasteiger charge is -2.27. The van der Waals surface area contributed by atoms with Gasteiger partial charge in [0.15, 0.2) is 0 Å². The molecule has 2 atom stereocenters. The van der Waals surface area contributed by atoms with Gasteiger partial charge in [0.2, 0.25) is 0 Å². The summed E-state index contributed by atoms with van der Waals surface area (Å²) in [6.07, 6.45) is 1.81. The number of carbonyl (C=O) groups excluding carboxylic acids is 3. The first-order chi connectivity index (χ1) is 11.4. The Morgan fingerprint density at radius 3 is 2.62 bits per heavy atom. The van der Waals surface area contributed by atoms with Crippen LogP contribution in [0.25, 0.3) is 0 Å². The second kappa shape index (κ2) is 7.72. The molecule has 0 unspecified atom stereocenters. The van der Waals surface area contributed by atoms with Crippen LogP contribution in [0.2, 0.25) is 0 Å². The number of benzene rings is 1. The van der Waals surface area contributed by atoms with Gasteiger partial charge < -0.3 is 15.2 Å². The van der Waals surface area contributed by atoms with E-state index in [9.17, 15) is 24.3 Å². The van der Waals surface area contributed by atoms with E-state index >= 15 is 0 Å². The summed E-state index contributed by atoms with van der Waals surface area (Å²) < 4.78 is 4.60. The molecular weight excluding hydrogens is 314 g/mol. The van der Waals surface area contributed by atoms with Crippen molar-refractivity contribution in [2.24, 2.45) is 5.92 Å². The lowest BCUT2D eigenvalue weighted by Crippen LogP contribution is -2.47. The number of methoxy groups -OCH3 is 1. The lowest BCUT2D eigenvalue weighted by atomic mass is 9.83. The summed E-state index contributed by atoms with van der Waals surface area (Å²) in [5.41, 5.74) is 0.358. The second-order valence-electron chi connectivity index (χ2n) is 5.76. The lowest BCUT2D eigenvalue weighted by molar-refractivity contribution is -0.141. The van der Waals surface area contributed by atoms with Crippen molar-refractivity contribution in [1.29, 1.82) is 0 Å². The second-order valence-corrected chi connectivity index (χ2v) is 5.76. The van der Waals surface area contributed by atoms with Gasteiger partial charge in [0.25, 0.3) is 5.91 Å². The number of carbonyl (C=O) groups is 4. The molecule has 1 aromatic carbocycles. The van der Waals surface area contributed by atoms with Crippen molar-refractivity contribution in [2.75, 3.05) is 7.11 Å². The number of aliphatic carboxylic acids is 1. The van der Waals surface area contributed by atoms with Gasteiger partial charge in [-0.3, -0.25) is 9.59 Å². The van der Waals surface area contributed by atoms with Crippen molar-refractivity contribution in [3.63, 3.8) is 0 Å². The Morgan fingerprint density at radius 1 is 1.29 bits per heavy atom. The average Bonchev–Trinajstić information content (AvgIpc) is 2.58. The van der Waals surface area contributed by atoms with Crippen LogP contribution in [-0.2, 0) is 14.3 Å². The maximum Gasteiger partial charge on any atom is 0.337 e. The Hall–Kier alpha value is -2.70. The minimum Gasteiger partial charge on any atom is -0.480 e. The number of carboxylic acid groups (broad SMARTS) is 1. The van der Waals surface area contributed by atoms with Crippen LogP contribution in [0.1, 0.15) is 46.4 Å². The average molecular weight is 333 g/mol. The fourth-order valence-corrected chi connectivity index (χ4v) is 2.85. The molecule has 7 heteroatoms. The van der Waals surface area contributed by atoms with Crippen LogP contribution >= 0.6 is 0 Å². The first-order valence-electron chi connectivity index (χ1n) is 7.66. The molecule has 1 aromatic rings. The highest BCUT2D eigenvalue weighted by molar-refractivity contribution is 5.99. The zero-order valence-electron chi connectivity index (χ0n) is 13.3. The molecule has 1 aliphatic carbocycles. The standard InChI is InChI=1S/C17H19NO6/c1-24-17(23)12-6-2-5-11(8-12)15(20)18-14(16(21)22)10-4-3-7-13(19)9-10/h2,5-6,8,10,14H,3-4,7,9H2,1H3,(H,18,20)(H,21,22)/t10-,14-/m1/s1. The molecule has 1 amide bonds. The molecule has 0 bridgehead atoms. The smallest absolute Gasteiger partial charge is 0.337 e. The summed E-state index contributed by atoms with van der Waals surface area (Å²) >= 11 is 0. The number of Topliss-reactive ketones (excluding diaryl/α,β-unsaturated/α-hetero) is 1. The van der Waals surface area contributed by atoms with Crippen LogP contribution in [0.15, 0.2) is 24.3 Å². The van der Waals surface area contributed by atoms with Crippen molar-refractivity contribution >= 4 is 23.6 Å². The number of hydrogen-bond acceptors (Lipinski definition) is 5. The summed E-state index contributed by atoms with van der Waals surface area (Å²) in [5.74, 6) is -2.77. The fraction of sp³-hybridized carbons (Fsp3) is 0.412. The van der Waals surface area contributed by atoms with Gasteiger partial charge in [0.1, 0.15) is 11.8 Å². The van der Waals surface area contributed by atoms with Crippen LogP contribution in [0.3, 0.4) is 0 Å². The Bertz CT molecular complexity index is 669. The fourth-order valence-electron chi connectivity index (χ4n) is 2.85. The minimum atomic E-state index is -1.17. The molecule has 2 N–H and O–H groups in total. The maximum absolute atomic E-state index is 12.3. The molecule has 7 nitrogen and oxygen atoms in total. The predicted molar refractivity (Wildman–Crippen MR) is 83.6 cm³/mol. The Morgan fingerprint density at radius 2 is 2.00 bits per heavy atom. The van der Waals surface area contributed by atoms with E-state index in [1.807, 2.05) is 0 Å². The van der Waals surface area contributed by atoms with Crippen molar-refractivity contribution in [2.45, 2.75) is 31.7 Å². The van der Waals surface area contributed by atoms with E-state index < -0.39 is 29.8 Å². The largest absolute Gasteiger partial charge is 0.480 e. The number of ether oxygens (including phenoxy) is 1. The van der Waals surface area contributed by atoms with E-state index in [0.29, 0.717) is 19.3 Å². The number of rotatable bonds is 5. The Kier molecular flexibility index (Phi) is 5.68. The predicted octanol–water partition coefficient (Wildman–Crippen LogP) is 1.42. The normalized spacial score (nSPS) is 18.5. The highest BCUT2D eigenvalue weighted by atomic mass is 16.5. The third kappa shape index (κ3) is 4.18. The van der Waals surface area contributed by atoms with Crippen molar-refractivity contribution in [3.8, 4) is 0 Å². The highest BCUT2D eigenvalue weighted by Gasteiger charge is 2.33. The summed E-state index contributed by atoms with van der Waals surface area (Å²) in [5, 5.41) is 11.9. The summed E-state index contributed by atoms with van der Waals surface area (Å²) in [6.45, 7) is 0. The number of carboxylic acids is 1. The molecule has 0 spiro atoms. The van der Waals surface area contributed by atoms with E-state index in [4.69, 9.17) is 0 Å². The molecule has 0 saturated heterocycles. The number of nitrogens with one attached hydrogen (secondary N) is 1. The molecule has 1 fully saturated rings. The van der Waals surface area contributed by atoms with E-state index in [-0.39, 0.29) is 23.3 Å². The first kappa shape index (κ1) is 17.7. The molecule has 24 heavy (non-hydrogen) atoms. The van der Waals surface area contributed by atoms with Crippen LogP contribution in [-0.4, -0.2) is 41.9 Å². The number of ketones is 1. The monoisotopic (exact) mass is 333 g/mol. The Labute approximate surface area is 139 Å². The van der Waals surface area contributed by atoms with Crippen LogP contribution in [0.5, 0.6) is 0 Å². The topological polar surface area (TPSA) is 110 Å². The Balaban J connectivity index is 2.14. The van der Waals surface area contributed by atoms with Gasteiger partial charge in [0, 0.05) is 18.4 Å². The molecule has 128 valence electrons. The number of amides is 1. The SMILES string of the molecule is COC(=O)c1cccc(C(=O)N[C@@H](C(=O)O)[C@@H]2CCCC(=O)C2)c1. The maximum atomic E-state index is 12.3. The third-order valence-electron chi connectivity index (χ3n) is 4.09. The van der Waals surface area contributed by atoms with Crippen LogP contribution in [0, 0.1) is 5.92 Å². The molecule has 0 heterocycles. The van der Waals surface area contributed by atoms with Gasteiger partial charge in [-0.05, 0) is 37.0 Å². The van der Waals surface area contributed by atoms with Gasteiger partial charge in [0.05, 0.1) is 12.7 Å². The van der Waals surface area contributed by atoms with Gasteiger partial charge in [-0.1, -0.05) is 6.07 Å². The van der Waals surface area contributed by atoms with Crippen LogP contribution < -0.4 is 5.32 Å². The number of esters is 1. The van der Waals surface area contributed by atoms with Gasteiger partial charge in [-0.25, -0.2) is 9.59 Å². The zero-order chi connectivity index (χ0) is 17.7. The van der Waals surface area contributed by atoms with Crippen molar-refractivity contribution in [1.82, 2.24) is 5.32 Å². The first-order valence-corrected chi connectivity index (χ1v) is 7.66. The molecule has 1 saturated carbocycles. The zero-order valence-corrected chi connectivity index (χ0v) is 13.3. The summed E-state index contributed by atoms with van der Waals surface area (Å²) in [7, 11) is 1.23. The van der Waals surface area contributed by atoms with Gasteiger partial charge >= 0.3 is 11.9 Å². The van der Waals surface area contributed by atoms with E-state index in [1.165, 1.54) is 31.4 Å². The van der Waals surface area contributed by atoms with E-state index in [2.05, 4.69) is 10.1 Å². The van der Waals surface area contributed by atoms with Gasteiger partial charge in [-0.15, -0.1) is 0 Å². The van der Waals surface area contributed by atoms with E-state index in [0.717, 1.165) is 0 Å². The minimum absolute atomic E-state index is 0.0134. The molecule has 2 rings (SSSR count). The van der Waals surface area contributed by atoms with Crippen molar-refractivity contribution in [3.05, 3.63) is 35.4 Å². The highest BCUT2D eigenvalue weighted by Crippen LogP contribution is 2.25. The molecule has 0 radical (unpaired) electrons. The van der Waals surface area contributed by atoms with E-state index in [1.54, 1.807) is 0 Å². The molecular formula is C17H19NO6. The third-order valence-corrected chi connectivity index (χ3v) is 4.09.